The van der Waals surface area contributed by atoms with Crippen LogP contribution in [0.1, 0.15) is 47.7 Å². The van der Waals surface area contributed by atoms with Gasteiger partial charge in [0.25, 0.3) is 0 Å². The molecule has 2 aromatic carbocycles. The van der Waals surface area contributed by atoms with Crippen molar-refractivity contribution in [2.75, 3.05) is 0 Å². The van der Waals surface area contributed by atoms with Crippen LogP contribution >= 0.6 is 0 Å². The molecule has 3 rings (SSSR count). The van der Waals surface area contributed by atoms with Gasteiger partial charge in [-0.15, -0.1) is 0 Å². The highest BCUT2D eigenvalue weighted by atomic mass is 16.5. The molecule has 0 radical (unpaired) electrons. The molecule has 2 nitrogen and oxygen atoms in total. The molecule has 1 heterocycles. The molecule has 0 saturated carbocycles. The Labute approximate surface area is 120 Å². The first kappa shape index (κ1) is 13.2. The van der Waals surface area contributed by atoms with Crippen molar-refractivity contribution in [3.8, 4) is 5.75 Å². The van der Waals surface area contributed by atoms with Gasteiger partial charge in [0.1, 0.15) is 11.9 Å². The molecule has 0 saturated heterocycles. The summed E-state index contributed by atoms with van der Waals surface area (Å²) in [5.41, 5.74) is 11.3. The van der Waals surface area contributed by atoms with Crippen LogP contribution in [0.4, 0.5) is 0 Å². The van der Waals surface area contributed by atoms with Gasteiger partial charge in [-0.1, -0.05) is 48.9 Å². The summed E-state index contributed by atoms with van der Waals surface area (Å²) < 4.78 is 6.21. The van der Waals surface area contributed by atoms with Gasteiger partial charge < -0.3 is 10.5 Å². The predicted molar refractivity (Wildman–Crippen MR) is 81.9 cm³/mol. The number of nitrogens with two attached hydrogens (primary N) is 1. The maximum Gasteiger partial charge on any atom is 0.126 e. The van der Waals surface area contributed by atoms with Crippen LogP contribution in [0.5, 0.6) is 5.75 Å². The zero-order valence-corrected chi connectivity index (χ0v) is 12.1. The number of aryl methyl sites for hydroxylation is 2. The largest absolute Gasteiger partial charge is 0.485 e. The molecule has 2 N–H and O–H groups in total. The summed E-state index contributed by atoms with van der Waals surface area (Å²) in [6.07, 6.45) is 1.93. The highest BCUT2D eigenvalue weighted by Crippen LogP contribution is 2.40. The lowest BCUT2D eigenvalue weighted by Crippen LogP contribution is -2.24. The van der Waals surface area contributed by atoms with E-state index in [0.717, 1.165) is 24.2 Å². The molecule has 2 atom stereocenters. The molecule has 20 heavy (non-hydrogen) atoms. The van der Waals surface area contributed by atoms with Gasteiger partial charge in [-0.25, -0.2) is 0 Å². The van der Waals surface area contributed by atoms with Gasteiger partial charge in [-0.3, -0.25) is 0 Å². The average Bonchev–Trinajstić information content (AvgIpc) is 2.47. The van der Waals surface area contributed by atoms with E-state index in [4.69, 9.17) is 10.5 Å². The third-order valence-corrected chi connectivity index (χ3v) is 4.08. The summed E-state index contributed by atoms with van der Waals surface area (Å²) in [7, 11) is 0. The van der Waals surface area contributed by atoms with Gasteiger partial charge in [-0.2, -0.15) is 0 Å². The van der Waals surface area contributed by atoms with E-state index in [-0.39, 0.29) is 12.1 Å². The maximum absolute atomic E-state index is 6.35. The normalized spacial score (nSPS) is 21.1. The van der Waals surface area contributed by atoms with Gasteiger partial charge in [0.2, 0.25) is 0 Å². The van der Waals surface area contributed by atoms with Crippen molar-refractivity contribution in [3.63, 3.8) is 0 Å². The van der Waals surface area contributed by atoms with Crippen LogP contribution in [-0.2, 0) is 6.42 Å². The lowest BCUT2D eigenvalue weighted by Gasteiger charge is -2.31. The molecule has 0 aromatic heterocycles. The van der Waals surface area contributed by atoms with E-state index in [1.54, 1.807) is 0 Å². The fraction of sp³-hybridized carbons (Fsp3) is 0.333. The molecule has 1 aliphatic heterocycles. The van der Waals surface area contributed by atoms with Crippen molar-refractivity contribution < 1.29 is 4.74 Å². The van der Waals surface area contributed by atoms with Crippen molar-refractivity contribution in [1.82, 2.24) is 0 Å². The fourth-order valence-electron chi connectivity index (χ4n) is 2.98. The fourth-order valence-corrected chi connectivity index (χ4v) is 2.98. The van der Waals surface area contributed by atoms with Crippen LogP contribution < -0.4 is 10.5 Å². The quantitative estimate of drug-likeness (QED) is 0.889. The van der Waals surface area contributed by atoms with Crippen molar-refractivity contribution in [2.24, 2.45) is 5.73 Å². The molecular formula is C18H21NO. The lowest BCUT2D eigenvalue weighted by atomic mass is 9.90. The second-order valence-electron chi connectivity index (χ2n) is 5.54. The zero-order valence-electron chi connectivity index (χ0n) is 12.1. The van der Waals surface area contributed by atoms with Gasteiger partial charge in [-0.05, 0) is 30.5 Å². The van der Waals surface area contributed by atoms with Gasteiger partial charge in [0.15, 0.2) is 0 Å². The van der Waals surface area contributed by atoms with Crippen LogP contribution in [0.3, 0.4) is 0 Å². The second kappa shape index (κ2) is 5.29. The van der Waals surface area contributed by atoms with E-state index in [2.05, 4.69) is 50.2 Å². The van der Waals surface area contributed by atoms with Crippen LogP contribution in [0.15, 0.2) is 42.5 Å². The van der Waals surface area contributed by atoms with Crippen LogP contribution in [0, 0.1) is 6.92 Å². The Morgan fingerprint density at radius 2 is 1.95 bits per heavy atom. The minimum atomic E-state index is 0.0496. The summed E-state index contributed by atoms with van der Waals surface area (Å²) in [6.45, 7) is 4.27. The van der Waals surface area contributed by atoms with Gasteiger partial charge in [0, 0.05) is 18.0 Å². The average molecular weight is 267 g/mol. The van der Waals surface area contributed by atoms with E-state index in [9.17, 15) is 0 Å². The molecule has 0 bridgehead atoms. The van der Waals surface area contributed by atoms with Crippen LogP contribution in [-0.4, -0.2) is 0 Å². The molecule has 0 fully saturated rings. The van der Waals surface area contributed by atoms with Crippen molar-refractivity contribution in [1.29, 1.82) is 0 Å². The Balaban J connectivity index is 1.97. The van der Waals surface area contributed by atoms with E-state index in [1.807, 2.05) is 6.07 Å². The molecular weight excluding hydrogens is 246 g/mol. The molecule has 0 spiro atoms. The minimum Gasteiger partial charge on any atom is -0.485 e. The molecule has 1 unspecified atom stereocenters. The monoisotopic (exact) mass is 267 g/mol. The Morgan fingerprint density at radius 3 is 2.75 bits per heavy atom. The van der Waals surface area contributed by atoms with Crippen LogP contribution in [0.25, 0.3) is 0 Å². The Hall–Kier alpha value is -1.80. The van der Waals surface area contributed by atoms with E-state index in [1.165, 1.54) is 16.7 Å². The van der Waals surface area contributed by atoms with E-state index in [0.29, 0.717) is 0 Å². The number of benzene rings is 2. The predicted octanol–water partition coefficient (Wildman–Crippen LogP) is 4.08. The van der Waals surface area contributed by atoms with Crippen molar-refractivity contribution in [2.45, 2.75) is 38.8 Å². The number of ether oxygens (including phenoxy) is 1. The zero-order chi connectivity index (χ0) is 14.1. The summed E-state index contributed by atoms with van der Waals surface area (Å²) in [5, 5.41) is 0. The number of hydrogen-bond acceptors (Lipinski definition) is 2. The summed E-state index contributed by atoms with van der Waals surface area (Å²) in [4.78, 5) is 0. The molecule has 104 valence electrons. The third kappa shape index (κ3) is 2.32. The highest BCUT2D eigenvalue weighted by molar-refractivity contribution is 5.42. The summed E-state index contributed by atoms with van der Waals surface area (Å²) in [5.74, 6) is 0.935. The maximum atomic E-state index is 6.35. The molecule has 2 aromatic rings. The highest BCUT2D eigenvalue weighted by Gasteiger charge is 2.28. The smallest absolute Gasteiger partial charge is 0.126 e. The summed E-state index contributed by atoms with van der Waals surface area (Å²) in [6, 6.07) is 14.8. The first-order chi connectivity index (χ1) is 9.69. The second-order valence-corrected chi connectivity index (χ2v) is 5.54. The molecule has 1 aliphatic rings. The number of fused-ring (bicyclic) bond motifs is 1. The van der Waals surface area contributed by atoms with E-state index >= 15 is 0 Å². The molecule has 0 amide bonds. The van der Waals surface area contributed by atoms with Crippen LogP contribution in [0.2, 0.25) is 0 Å². The van der Waals surface area contributed by atoms with E-state index < -0.39 is 0 Å². The lowest BCUT2D eigenvalue weighted by molar-refractivity contribution is 0.160. The SMILES string of the molecule is CCc1ccccc1C1C[C@H](N)c2cc(C)ccc2O1. The first-order valence-corrected chi connectivity index (χ1v) is 7.29. The Bertz CT molecular complexity index is 621. The number of hydrogen-bond donors (Lipinski definition) is 1. The summed E-state index contributed by atoms with van der Waals surface area (Å²) >= 11 is 0. The topological polar surface area (TPSA) is 35.2 Å². The van der Waals surface area contributed by atoms with Gasteiger partial charge in [0.05, 0.1) is 0 Å². The number of rotatable bonds is 2. The Morgan fingerprint density at radius 1 is 1.15 bits per heavy atom. The molecule has 0 aliphatic carbocycles. The standard InChI is InChI=1S/C18H21NO/c1-3-13-6-4-5-7-14(13)18-11-16(19)15-10-12(2)8-9-17(15)20-18/h4-10,16,18H,3,11,19H2,1-2H3/t16-,18?/m0/s1. The minimum absolute atomic E-state index is 0.0496. The third-order valence-electron chi connectivity index (χ3n) is 4.08. The van der Waals surface area contributed by atoms with Crippen molar-refractivity contribution >= 4 is 0 Å². The Kier molecular flexibility index (Phi) is 3.49. The van der Waals surface area contributed by atoms with Gasteiger partial charge >= 0.3 is 0 Å². The molecule has 2 heteroatoms. The first-order valence-electron chi connectivity index (χ1n) is 7.29. The van der Waals surface area contributed by atoms with Crippen molar-refractivity contribution in [3.05, 3.63) is 64.7 Å².